The molecule has 0 saturated heterocycles. The van der Waals surface area contributed by atoms with Gasteiger partial charge in [-0.3, -0.25) is 0 Å². The third kappa shape index (κ3) is 2.94. The highest BCUT2D eigenvalue weighted by molar-refractivity contribution is 5.41. The molecule has 0 spiro atoms. The largest absolute Gasteiger partial charge is 0.493 e. The molecule has 21 heavy (non-hydrogen) atoms. The topological polar surface area (TPSA) is 38.7 Å². The normalized spacial score (nSPS) is 16.1. The highest BCUT2D eigenvalue weighted by atomic mass is 16.5. The monoisotopic (exact) mass is 284 g/mol. The van der Waals surface area contributed by atoms with Crippen LogP contribution in [0.5, 0.6) is 5.75 Å². The first kappa shape index (κ1) is 14.1. The molecule has 1 aliphatic heterocycles. The van der Waals surface area contributed by atoms with Crippen molar-refractivity contribution in [1.29, 1.82) is 0 Å². The van der Waals surface area contributed by atoms with Gasteiger partial charge in [0.15, 0.2) is 0 Å². The Morgan fingerprint density at radius 2 is 1.95 bits per heavy atom. The Bertz CT molecular complexity index is 595. The molecule has 0 saturated carbocycles. The average molecular weight is 284 g/mol. The molecule has 0 bridgehead atoms. The molecule has 1 heterocycles. The van der Waals surface area contributed by atoms with Gasteiger partial charge in [0, 0.05) is 13.0 Å². The summed E-state index contributed by atoms with van der Waals surface area (Å²) in [6, 6.07) is 15.8. The van der Waals surface area contributed by atoms with Crippen LogP contribution >= 0.6 is 0 Å². The number of rotatable bonds is 5. The van der Waals surface area contributed by atoms with Crippen LogP contribution in [0.25, 0.3) is 0 Å². The van der Waals surface area contributed by atoms with Gasteiger partial charge in [-0.05, 0) is 35.7 Å². The second-order valence-electron chi connectivity index (χ2n) is 5.20. The molecule has 2 aromatic carbocycles. The van der Waals surface area contributed by atoms with Crippen LogP contribution in [-0.2, 0) is 11.2 Å². The highest BCUT2D eigenvalue weighted by Crippen LogP contribution is 2.35. The quantitative estimate of drug-likeness (QED) is 0.914. The van der Waals surface area contributed by atoms with Gasteiger partial charge in [0.05, 0.1) is 6.61 Å². The van der Waals surface area contributed by atoms with Gasteiger partial charge in [0.2, 0.25) is 0 Å². The summed E-state index contributed by atoms with van der Waals surface area (Å²) in [4.78, 5) is 0. The smallest absolute Gasteiger partial charge is 0.122 e. The molecule has 2 aromatic rings. The van der Waals surface area contributed by atoms with Crippen molar-refractivity contribution in [2.45, 2.75) is 25.6 Å². The number of hydrogen-bond donors (Lipinski definition) is 1. The van der Waals surface area contributed by atoms with E-state index in [-0.39, 0.29) is 6.10 Å². The number of hydrogen-bond acceptors (Lipinski definition) is 3. The predicted molar refractivity (Wildman–Crippen MR) is 81.4 cm³/mol. The number of ether oxygens (including phenoxy) is 2. The molecule has 2 unspecified atom stereocenters. The van der Waals surface area contributed by atoms with Crippen molar-refractivity contribution in [2.75, 3.05) is 13.2 Å². The van der Waals surface area contributed by atoms with Crippen molar-refractivity contribution in [2.24, 2.45) is 0 Å². The van der Waals surface area contributed by atoms with E-state index in [0.717, 1.165) is 35.5 Å². The molecule has 3 rings (SSSR count). The van der Waals surface area contributed by atoms with Crippen LogP contribution in [0, 0.1) is 0 Å². The Morgan fingerprint density at radius 3 is 2.71 bits per heavy atom. The Kier molecular flexibility index (Phi) is 4.23. The molecule has 2 atom stereocenters. The van der Waals surface area contributed by atoms with Gasteiger partial charge in [0.25, 0.3) is 0 Å². The lowest BCUT2D eigenvalue weighted by Gasteiger charge is -2.24. The van der Waals surface area contributed by atoms with Gasteiger partial charge < -0.3 is 14.6 Å². The number of benzene rings is 2. The van der Waals surface area contributed by atoms with Gasteiger partial charge in [-0.2, -0.15) is 0 Å². The van der Waals surface area contributed by atoms with Gasteiger partial charge in [-0.25, -0.2) is 0 Å². The van der Waals surface area contributed by atoms with Crippen LogP contribution in [0.2, 0.25) is 0 Å². The van der Waals surface area contributed by atoms with Crippen LogP contribution in [0.3, 0.4) is 0 Å². The van der Waals surface area contributed by atoms with Crippen molar-refractivity contribution in [3.63, 3.8) is 0 Å². The van der Waals surface area contributed by atoms with E-state index in [4.69, 9.17) is 9.47 Å². The fraction of sp³-hybridized carbons (Fsp3) is 0.333. The first-order chi connectivity index (χ1) is 10.3. The van der Waals surface area contributed by atoms with Gasteiger partial charge in [-0.15, -0.1) is 0 Å². The van der Waals surface area contributed by atoms with Crippen molar-refractivity contribution >= 4 is 0 Å². The maximum atomic E-state index is 10.7. The second-order valence-corrected chi connectivity index (χ2v) is 5.20. The zero-order valence-electron chi connectivity index (χ0n) is 12.2. The number of aliphatic hydroxyl groups is 1. The van der Waals surface area contributed by atoms with Gasteiger partial charge in [0.1, 0.15) is 18.0 Å². The van der Waals surface area contributed by atoms with Crippen LogP contribution in [0.15, 0.2) is 48.5 Å². The fourth-order valence-corrected chi connectivity index (χ4v) is 2.76. The summed E-state index contributed by atoms with van der Waals surface area (Å²) in [5, 5.41) is 10.7. The molecule has 1 aliphatic rings. The molecule has 1 N–H and O–H groups in total. The van der Waals surface area contributed by atoms with E-state index in [9.17, 15) is 5.11 Å². The highest BCUT2D eigenvalue weighted by Gasteiger charge is 2.24. The van der Waals surface area contributed by atoms with Gasteiger partial charge >= 0.3 is 0 Å². The van der Waals surface area contributed by atoms with Crippen molar-refractivity contribution in [1.82, 2.24) is 0 Å². The van der Waals surface area contributed by atoms with E-state index in [1.54, 1.807) is 0 Å². The predicted octanol–water partition coefficient (Wildman–Crippen LogP) is 3.43. The molecule has 0 fully saturated rings. The number of fused-ring (bicyclic) bond motifs is 1. The molecule has 110 valence electrons. The summed E-state index contributed by atoms with van der Waals surface area (Å²) in [6.07, 6.45) is -0.129. The Hall–Kier alpha value is -1.84. The first-order valence-electron chi connectivity index (χ1n) is 7.40. The standard InChI is InChI=1S/C18H20O3/c1-2-20-18(13-6-4-3-5-7-13)17(19)15-8-9-16-14(12-15)10-11-21-16/h3-9,12,17-19H,2,10-11H2,1H3. The minimum absolute atomic E-state index is 0.350. The van der Waals surface area contributed by atoms with Crippen LogP contribution in [0.4, 0.5) is 0 Å². The minimum Gasteiger partial charge on any atom is -0.493 e. The maximum absolute atomic E-state index is 10.7. The summed E-state index contributed by atoms with van der Waals surface area (Å²) >= 11 is 0. The molecule has 0 aliphatic carbocycles. The van der Waals surface area contributed by atoms with E-state index in [2.05, 4.69) is 0 Å². The molecule has 3 nitrogen and oxygen atoms in total. The number of aliphatic hydroxyl groups excluding tert-OH is 1. The molecule has 0 amide bonds. The minimum atomic E-state index is -0.682. The Balaban J connectivity index is 1.89. The van der Waals surface area contributed by atoms with E-state index in [1.807, 2.05) is 55.5 Å². The zero-order chi connectivity index (χ0) is 14.7. The third-order valence-corrected chi connectivity index (χ3v) is 3.82. The molecular formula is C18H20O3. The average Bonchev–Trinajstić information content (AvgIpc) is 3.00. The summed E-state index contributed by atoms with van der Waals surface area (Å²) < 4.78 is 11.3. The van der Waals surface area contributed by atoms with Crippen molar-refractivity contribution in [3.05, 3.63) is 65.2 Å². The SMILES string of the molecule is CCOC(c1ccccc1)C(O)c1ccc2c(c1)CCO2. The summed E-state index contributed by atoms with van der Waals surface area (Å²) in [6.45, 7) is 3.23. The van der Waals surface area contributed by atoms with Crippen molar-refractivity contribution < 1.29 is 14.6 Å². The molecular weight excluding hydrogens is 264 g/mol. The lowest BCUT2D eigenvalue weighted by Crippen LogP contribution is -2.14. The fourth-order valence-electron chi connectivity index (χ4n) is 2.76. The van der Waals surface area contributed by atoms with Crippen LogP contribution in [-0.4, -0.2) is 18.3 Å². The molecule has 3 heteroatoms. The maximum Gasteiger partial charge on any atom is 0.122 e. The summed E-state index contributed by atoms with van der Waals surface area (Å²) in [7, 11) is 0. The van der Waals surface area contributed by atoms with E-state index in [0.29, 0.717) is 6.61 Å². The zero-order valence-corrected chi connectivity index (χ0v) is 12.2. The molecule has 0 radical (unpaired) electrons. The Morgan fingerprint density at radius 1 is 1.14 bits per heavy atom. The van der Waals surface area contributed by atoms with E-state index in [1.165, 1.54) is 0 Å². The van der Waals surface area contributed by atoms with Gasteiger partial charge in [-0.1, -0.05) is 36.4 Å². The van der Waals surface area contributed by atoms with E-state index < -0.39 is 6.10 Å². The summed E-state index contributed by atoms with van der Waals surface area (Å²) in [5.74, 6) is 0.929. The van der Waals surface area contributed by atoms with Crippen LogP contribution < -0.4 is 4.74 Å². The second kappa shape index (κ2) is 6.29. The molecule has 0 aromatic heterocycles. The van der Waals surface area contributed by atoms with Crippen molar-refractivity contribution in [3.8, 4) is 5.75 Å². The Labute approximate surface area is 125 Å². The summed E-state index contributed by atoms with van der Waals surface area (Å²) in [5.41, 5.74) is 3.03. The van der Waals surface area contributed by atoms with E-state index >= 15 is 0 Å². The lowest BCUT2D eigenvalue weighted by molar-refractivity contribution is -0.0361. The lowest BCUT2D eigenvalue weighted by atomic mass is 9.96. The third-order valence-electron chi connectivity index (χ3n) is 3.82. The van der Waals surface area contributed by atoms with Crippen LogP contribution in [0.1, 0.15) is 35.8 Å². The first-order valence-corrected chi connectivity index (χ1v) is 7.40.